The summed E-state index contributed by atoms with van der Waals surface area (Å²) in [5.41, 5.74) is 1.14. The molecule has 1 heterocycles. The summed E-state index contributed by atoms with van der Waals surface area (Å²) in [6.45, 7) is 8.01. The number of amides is 1. The van der Waals surface area contributed by atoms with Crippen LogP contribution in [0.15, 0.2) is 18.2 Å². The third-order valence-corrected chi connectivity index (χ3v) is 4.32. The van der Waals surface area contributed by atoms with Crippen molar-refractivity contribution in [2.75, 3.05) is 18.5 Å². The summed E-state index contributed by atoms with van der Waals surface area (Å²) in [6, 6.07) is 5.59. The SMILES string of the molecule is CC(O)CC(C)NCC(O)COc1ccc2c(c1)C(C)(C)C(=O)N2. The Bertz CT molecular complexity index is 586. The second kappa shape index (κ2) is 7.51. The topological polar surface area (TPSA) is 90.8 Å². The summed E-state index contributed by atoms with van der Waals surface area (Å²) >= 11 is 0. The first-order valence-corrected chi connectivity index (χ1v) is 8.38. The average molecular weight is 336 g/mol. The highest BCUT2D eigenvalue weighted by Crippen LogP contribution is 2.39. The lowest BCUT2D eigenvalue weighted by atomic mass is 9.86. The predicted molar refractivity (Wildman–Crippen MR) is 93.4 cm³/mol. The fraction of sp³-hybridized carbons (Fsp3) is 0.611. The zero-order valence-electron chi connectivity index (χ0n) is 14.8. The maximum atomic E-state index is 11.9. The summed E-state index contributed by atoms with van der Waals surface area (Å²) in [4.78, 5) is 11.9. The van der Waals surface area contributed by atoms with Gasteiger partial charge in [-0.1, -0.05) is 0 Å². The molecule has 0 saturated carbocycles. The molecular weight excluding hydrogens is 308 g/mol. The number of aliphatic hydroxyl groups excluding tert-OH is 2. The van der Waals surface area contributed by atoms with Crippen molar-refractivity contribution in [3.05, 3.63) is 23.8 Å². The van der Waals surface area contributed by atoms with E-state index in [-0.39, 0.29) is 24.7 Å². The quantitative estimate of drug-likeness (QED) is 0.576. The van der Waals surface area contributed by atoms with E-state index in [9.17, 15) is 15.0 Å². The van der Waals surface area contributed by atoms with Crippen LogP contribution < -0.4 is 15.4 Å². The van der Waals surface area contributed by atoms with Crippen LogP contribution in [0.2, 0.25) is 0 Å². The highest BCUT2D eigenvalue weighted by molar-refractivity contribution is 6.05. The summed E-state index contributed by atoms with van der Waals surface area (Å²) < 4.78 is 5.66. The molecule has 4 N–H and O–H groups in total. The Kier molecular flexibility index (Phi) is 5.85. The van der Waals surface area contributed by atoms with E-state index in [0.717, 1.165) is 11.3 Å². The van der Waals surface area contributed by atoms with Gasteiger partial charge in [-0.2, -0.15) is 0 Å². The van der Waals surface area contributed by atoms with Crippen LogP contribution in [0, 0.1) is 0 Å². The molecule has 0 saturated heterocycles. The summed E-state index contributed by atoms with van der Waals surface area (Å²) in [7, 11) is 0. The molecule has 6 nitrogen and oxygen atoms in total. The normalized spacial score (nSPS) is 19.3. The lowest BCUT2D eigenvalue weighted by Gasteiger charge is -2.19. The second-order valence-electron chi connectivity index (χ2n) is 7.15. The van der Waals surface area contributed by atoms with Crippen molar-refractivity contribution in [3.8, 4) is 5.75 Å². The maximum absolute atomic E-state index is 11.9. The fourth-order valence-corrected chi connectivity index (χ4v) is 2.82. The van der Waals surface area contributed by atoms with Gasteiger partial charge in [-0.05, 0) is 57.9 Å². The van der Waals surface area contributed by atoms with Crippen LogP contribution in [0.4, 0.5) is 5.69 Å². The van der Waals surface area contributed by atoms with Crippen LogP contribution in [-0.4, -0.2) is 47.5 Å². The molecule has 0 aliphatic carbocycles. The van der Waals surface area contributed by atoms with Gasteiger partial charge in [-0.3, -0.25) is 4.79 Å². The van der Waals surface area contributed by atoms with Gasteiger partial charge in [0.2, 0.25) is 5.91 Å². The molecule has 2 rings (SSSR count). The Labute approximate surface area is 143 Å². The first-order valence-electron chi connectivity index (χ1n) is 8.38. The van der Waals surface area contributed by atoms with Crippen LogP contribution in [0.5, 0.6) is 5.75 Å². The largest absolute Gasteiger partial charge is 0.491 e. The Morgan fingerprint density at radius 1 is 1.29 bits per heavy atom. The zero-order chi connectivity index (χ0) is 17.9. The average Bonchev–Trinajstić information content (AvgIpc) is 2.72. The van der Waals surface area contributed by atoms with Crippen molar-refractivity contribution < 1.29 is 19.7 Å². The number of carbonyl (C=O) groups is 1. The number of aliphatic hydroxyl groups is 2. The van der Waals surface area contributed by atoms with E-state index in [1.807, 2.05) is 32.9 Å². The van der Waals surface area contributed by atoms with Gasteiger partial charge in [0.25, 0.3) is 0 Å². The number of nitrogens with one attached hydrogen (secondary N) is 2. The molecule has 1 aliphatic rings. The standard InChI is InChI=1S/C18H28N2O4/c1-11(7-12(2)21)19-9-13(22)10-24-14-5-6-16-15(8-14)18(3,4)17(23)20-16/h5-6,8,11-13,19,21-22H,7,9-10H2,1-4H3,(H,20,23). The van der Waals surface area contributed by atoms with Gasteiger partial charge < -0.3 is 25.6 Å². The monoisotopic (exact) mass is 336 g/mol. The highest BCUT2D eigenvalue weighted by atomic mass is 16.5. The van der Waals surface area contributed by atoms with E-state index in [4.69, 9.17) is 4.74 Å². The minimum absolute atomic E-state index is 0.0222. The summed E-state index contributed by atoms with van der Waals surface area (Å²) in [6.07, 6.45) is -0.386. The number of hydrogen-bond donors (Lipinski definition) is 4. The molecule has 134 valence electrons. The first-order chi connectivity index (χ1) is 11.2. The Balaban J connectivity index is 1.85. The van der Waals surface area contributed by atoms with Gasteiger partial charge in [-0.25, -0.2) is 0 Å². The van der Waals surface area contributed by atoms with Gasteiger partial charge >= 0.3 is 0 Å². The van der Waals surface area contributed by atoms with Crippen LogP contribution in [0.1, 0.15) is 39.7 Å². The van der Waals surface area contributed by atoms with E-state index < -0.39 is 11.5 Å². The van der Waals surface area contributed by atoms with Gasteiger partial charge in [0, 0.05) is 18.3 Å². The molecule has 1 aliphatic heterocycles. The molecule has 0 aromatic heterocycles. The molecule has 1 amide bonds. The van der Waals surface area contributed by atoms with Crippen molar-refractivity contribution in [1.29, 1.82) is 0 Å². The molecule has 0 spiro atoms. The molecular formula is C18H28N2O4. The van der Waals surface area contributed by atoms with Gasteiger partial charge in [0.1, 0.15) is 18.5 Å². The van der Waals surface area contributed by atoms with Crippen LogP contribution >= 0.6 is 0 Å². The molecule has 24 heavy (non-hydrogen) atoms. The van der Waals surface area contributed by atoms with E-state index >= 15 is 0 Å². The lowest BCUT2D eigenvalue weighted by Crippen LogP contribution is -2.37. The first kappa shape index (κ1) is 18.7. The maximum Gasteiger partial charge on any atom is 0.234 e. The van der Waals surface area contributed by atoms with Gasteiger partial charge in [0.05, 0.1) is 11.5 Å². The van der Waals surface area contributed by atoms with Gasteiger partial charge in [0.15, 0.2) is 0 Å². The van der Waals surface area contributed by atoms with E-state index in [1.165, 1.54) is 0 Å². The molecule has 3 unspecified atom stereocenters. The van der Waals surface area contributed by atoms with Crippen LogP contribution in [-0.2, 0) is 10.2 Å². The van der Waals surface area contributed by atoms with E-state index in [1.54, 1.807) is 13.0 Å². The summed E-state index contributed by atoms with van der Waals surface area (Å²) in [5.74, 6) is 0.611. The van der Waals surface area contributed by atoms with Crippen LogP contribution in [0.25, 0.3) is 0 Å². The number of fused-ring (bicyclic) bond motifs is 1. The minimum atomic E-state index is -0.650. The Hall–Kier alpha value is -1.63. The number of benzene rings is 1. The number of hydrogen-bond acceptors (Lipinski definition) is 5. The van der Waals surface area contributed by atoms with Crippen molar-refractivity contribution >= 4 is 11.6 Å². The third-order valence-electron chi connectivity index (χ3n) is 4.32. The number of anilines is 1. The summed E-state index contributed by atoms with van der Waals surface area (Å²) in [5, 5.41) is 25.4. The Morgan fingerprint density at radius 2 is 2.00 bits per heavy atom. The Morgan fingerprint density at radius 3 is 2.67 bits per heavy atom. The second-order valence-corrected chi connectivity index (χ2v) is 7.15. The van der Waals surface area contributed by atoms with Crippen LogP contribution in [0.3, 0.4) is 0 Å². The third kappa shape index (κ3) is 4.47. The minimum Gasteiger partial charge on any atom is -0.491 e. The zero-order valence-corrected chi connectivity index (χ0v) is 14.8. The number of carbonyl (C=O) groups excluding carboxylic acids is 1. The van der Waals surface area contributed by atoms with Crippen molar-refractivity contribution in [1.82, 2.24) is 5.32 Å². The van der Waals surface area contributed by atoms with Crippen molar-refractivity contribution in [2.45, 2.75) is 57.8 Å². The number of ether oxygens (including phenoxy) is 1. The van der Waals surface area contributed by atoms with E-state index in [2.05, 4.69) is 10.6 Å². The molecule has 1 aromatic carbocycles. The molecule has 6 heteroatoms. The van der Waals surface area contributed by atoms with Gasteiger partial charge in [-0.15, -0.1) is 0 Å². The van der Waals surface area contributed by atoms with Crippen molar-refractivity contribution in [2.24, 2.45) is 0 Å². The fourth-order valence-electron chi connectivity index (χ4n) is 2.82. The number of rotatable bonds is 8. The lowest BCUT2D eigenvalue weighted by molar-refractivity contribution is -0.119. The van der Waals surface area contributed by atoms with E-state index in [0.29, 0.717) is 18.7 Å². The van der Waals surface area contributed by atoms with Crippen molar-refractivity contribution in [3.63, 3.8) is 0 Å². The molecule has 0 fully saturated rings. The molecule has 1 aromatic rings. The smallest absolute Gasteiger partial charge is 0.234 e. The molecule has 3 atom stereocenters. The highest BCUT2D eigenvalue weighted by Gasteiger charge is 2.38. The molecule has 0 radical (unpaired) electrons. The molecule has 0 bridgehead atoms. The predicted octanol–water partition coefficient (Wildman–Crippen LogP) is 1.40.